The summed E-state index contributed by atoms with van der Waals surface area (Å²) in [6.45, 7) is 5.25. The molecule has 2 rings (SSSR count). The van der Waals surface area contributed by atoms with Crippen molar-refractivity contribution >= 4 is 33.2 Å². The van der Waals surface area contributed by atoms with Gasteiger partial charge >= 0.3 is 0 Å². The Hall–Kier alpha value is -0.350. The number of hydrogen-bond acceptors (Lipinski definition) is 2. The molecule has 2 unspecified atom stereocenters. The molecule has 82 valence electrons. The molecular formula is C11H14BrNOS. The van der Waals surface area contributed by atoms with Crippen molar-refractivity contribution < 1.29 is 4.79 Å². The van der Waals surface area contributed by atoms with E-state index in [2.05, 4.69) is 29.8 Å². The van der Waals surface area contributed by atoms with E-state index in [1.165, 1.54) is 11.3 Å². The molecule has 0 saturated carbocycles. The molecule has 2 atom stereocenters. The average Bonchev–Trinajstić information content (AvgIpc) is 2.75. The summed E-state index contributed by atoms with van der Waals surface area (Å²) in [7, 11) is 0. The minimum atomic E-state index is 0.183. The van der Waals surface area contributed by atoms with Gasteiger partial charge in [0, 0.05) is 12.6 Å². The lowest BCUT2D eigenvalue weighted by atomic mass is 10.1. The lowest BCUT2D eigenvalue weighted by Crippen LogP contribution is -2.34. The van der Waals surface area contributed by atoms with Crippen molar-refractivity contribution in [1.82, 2.24) is 4.90 Å². The topological polar surface area (TPSA) is 20.3 Å². The second kappa shape index (κ2) is 4.26. The molecule has 1 fully saturated rings. The number of thiophene rings is 1. The van der Waals surface area contributed by atoms with E-state index < -0.39 is 0 Å². The van der Waals surface area contributed by atoms with Gasteiger partial charge in [0.1, 0.15) is 0 Å². The monoisotopic (exact) mass is 287 g/mol. The summed E-state index contributed by atoms with van der Waals surface area (Å²) in [5.41, 5.74) is 0. The first kappa shape index (κ1) is 11.1. The van der Waals surface area contributed by atoms with Crippen molar-refractivity contribution in [2.45, 2.75) is 26.3 Å². The fourth-order valence-corrected chi connectivity index (χ4v) is 3.29. The molecule has 2 heterocycles. The maximum Gasteiger partial charge on any atom is 0.264 e. The standard InChI is InChI=1S/C11H14BrNOS/c1-7-5-6-13(8(7)2)11(14)9-3-4-10(12)15-9/h3-4,7-8H,5-6H2,1-2H3. The lowest BCUT2D eigenvalue weighted by Gasteiger charge is -2.22. The lowest BCUT2D eigenvalue weighted by molar-refractivity contribution is 0.0740. The van der Waals surface area contributed by atoms with Gasteiger partial charge in [0.25, 0.3) is 5.91 Å². The Morgan fingerprint density at radius 2 is 2.27 bits per heavy atom. The Bertz CT molecular complexity index is 376. The summed E-state index contributed by atoms with van der Waals surface area (Å²) >= 11 is 4.90. The third kappa shape index (κ3) is 2.11. The van der Waals surface area contributed by atoms with Gasteiger partial charge in [-0.2, -0.15) is 0 Å². The first-order chi connectivity index (χ1) is 7.09. The molecule has 0 spiro atoms. The van der Waals surface area contributed by atoms with Crippen molar-refractivity contribution in [1.29, 1.82) is 0 Å². The van der Waals surface area contributed by atoms with E-state index >= 15 is 0 Å². The predicted octanol–water partition coefficient (Wildman–Crippen LogP) is 3.38. The van der Waals surface area contributed by atoms with Crippen LogP contribution in [0.25, 0.3) is 0 Å². The highest BCUT2D eigenvalue weighted by molar-refractivity contribution is 9.11. The molecule has 15 heavy (non-hydrogen) atoms. The second-order valence-corrected chi connectivity index (χ2v) is 6.57. The predicted molar refractivity (Wildman–Crippen MR) is 66.3 cm³/mol. The third-order valence-corrected chi connectivity index (χ3v) is 4.80. The highest BCUT2D eigenvalue weighted by atomic mass is 79.9. The number of amides is 1. The molecule has 0 bridgehead atoms. The van der Waals surface area contributed by atoms with Gasteiger partial charge in [0.2, 0.25) is 0 Å². The summed E-state index contributed by atoms with van der Waals surface area (Å²) in [6.07, 6.45) is 1.12. The van der Waals surface area contributed by atoms with E-state index in [1.807, 2.05) is 17.0 Å². The van der Waals surface area contributed by atoms with Crippen LogP contribution in [0.15, 0.2) is 15.9 Å². The van der Waals surface area contributed by atoms with Gasteiger partial charge in [-0.05, 0) is 47.3 Å². The molecule has 0 aliphatic carbocycles. The molecule has 0 radical (unpaired) electrons. The van der Waals surface area contributed by atoms with E-state index in [1.54, 1.807) is 0 Å². The van der Waals surface area contributed by atoms with Crippen molar-refractivity contribution in [3.05, 3.63) is 20.8 Å². The highest BCUT2D eigenvalue weighted by Crippen LogP contribution is 2.28. The van der Waals surface area contributed by atoms with Crippen molar-refractivity contribution in [3.8, 4) is 0 Å². The normalized spacial score (nSPS) is 25.9. The van der Waals surface area contributed by atoms with Gasteiger partial charge < -0.3 is 4.90 Å². The molecule has 2 nitrogen and oxygen atoms in total. The maximum absolute atomic E-state index is 12.1. The van der Waals surface area contributed by atoms with Gasteiger partial charge in [0.05, 0.1) is 8.66 Å². The number of halogens is 1. The van der Waals surface area contributed by atoms with Gasteiger partial charge in [0.15, 0.2) is 0 Å². The van der Waals surface area contributed by atoms with Gasteiger partial charge in [-0.3, -0.25) is 4.79 Å². The summed E-state index contributed by atoms with van der Waals surface area (Å²) < 4.78 is 1.02. The quantitative estimate of drug-likeness (QED) is 0.775. The van der Waals surface area contributed by atoms with Crippen LogP contribution in [0.3, 0.4) is 0 Å². The minimum Gasteiger partial charge on any atom is -0.335 e. The minimum absolute atomic E-state index is 0.183. The van der Waals surface area contributed by atoms with Gasteiger partial charge in [-0.1, -0.05) is 6.92 Å². The molecule has 0 N–H and O–H groups in total. The Balaban J connectivity index is 2.15. The number of rotatable bonds is 1. The van der Waals surface area contributed by atoms with E-state index in [-0.39, 0.29) is 5.91 Å². The number of carbonyl (C=O) groups is 1. The molecule has 1 aromatic heterocycles. The van der Waals surface area contributed by atoms with Crippen molar-refractivity contribution in [2.24, 2.45) is 5.92 Å². The van der Waals surface area contributed by atoms with Gasteiger partial charge in [-0.25, -0.2) is 0 Å². The zero-order valence-corrected chi connectivity index (χ0v) is 11.3. The van der Waals surface area contributed by atoms with Crippen LogP contribution in [-0.4, -0.2) is 23.4 Å². The molecule has 4 heteroatoms. The number of carbonyl (C=O) groups excluding carboxylic acids is 1. The SMILES string of the molecule is CC1CCN(C(=O)c2ccc(Br)s2)C1C. The smallest absolute Gasteiger partial charge is 0.264 e. The van der Waals surface area contributed by atoms with Crippen LogP contribution in [0.4, 0.5) is 0 Å². The van der Waals surface area contributed by atoms with Crippen LogP contribution >= 0.6 is 27.3 Å². The molecule has 1 amide bonds. The Morgan fingerprint density at radius 3 is 2.73 bits per heavy atom. The van der Waals surface area contributed by atoms with E-state index in [0.717, 1.165) is 21.6 Å². The molecule has 1 aliphatic rings. The zero-order valence-electron chi connectivity index (χ0n) is 8.87. The summed E-state index contributed by atoms with van der Waals surface area (Å²) in [4.78, 5) is 15.0. The Kier molecular flexibility index (Phi) is 3.16. The summed E-state index contributed by atoms with van der Waals surface area (Å²) in [5, 5.41) is 0. The first-order valence-electron chi connectivity index (χ1n) is 5.16. The maximum atomic E-state index is 12.1. The van der Waals surface area contributed by atoms with Crippen LogP contribution in [0, 0.1) is 5.92 Å². The van der Waals surface area contributed by atoms with Crippen LogP contribution < -0.4 is 0 Å². The Labute approximate surface area is 102 Å². The summed E-state index contributed by atoms with van der Waals surface area (Å²) in [6, 6.07) is 4.20. The van der Waals surface area contributed by atoms with Crippen LogP contribution in [-0.2, 0) is 0 Å². The fourth-order valence-electron chi connectivity index (χ4n) is 1.95. The summed E-state index contributed by atoms with van der Waals surface area (Å²) in [5.74, 6) is 0.805. The van der Waals surface area contributed by atoms with Crippen LogP contribution in [0.1, 0.15) is 29.9 Å². The van der Waals surface area contributed by atoms with Crippen LogP contribution in [0.5, 0.6) is 0 Å². The Morgan fingerprint density at radius 1 is 1.53 bits per heavy atom. The van der Waals surface area contributed by atoms with E-state index in [4.69, 9.17) is 0 Å². The number of likely N-dealkylation sites (tertiary alicyclic amines) is 1. The first-order valence-corrected chi connectivity index (χ1v) is 6.77. The van der Waals surface area contributed by atoms with E-state index in [0.29, 0.717) is 12.0 Å². The molecule has 1 aromatic rings. The largest absolute Gasteiger partial charge is 0.335 e. The average molecular weight is 288 g/mol. The molecule has 0 aromatic carbocycles. The zero-order chi connectivity index (χ0) is 11.0. The third-order valence-electron chi connectivity index (χ3n) is 3.19. The number of nitrogens with zero attached hydrogens (tertiary/aromatic N) is 1. The number of hydrogen-bond donors (Lipinski definition) is 0. The van der Waals surface area contributed by atoms with Crippen molar-refractivity contribution in [2.75, 3.05) is 6.54 Å². The fraction of sp³-hybridized carbons (Fsp3) is 0.545. The van der Waals surface area contributed by atoms with E-state index in [9.17, 15) is 4.79 Å². The van der Waals surface area contributed by atoms with Crippen LogP contribution in [0.2, 0.25) is 0 Å². The van der Waals surface area contributed by atoms with Crippen molar-refractivity contribution in [3.63, 3.8) is 0 Å². The highest BCUT2D eigenvalue weighted by Gasteiger charge is 2.31. The van der Waals surface area contributed by atoms with Gasteiger partial charge in [-0.15, -0.1) is 11.3 Å². The second-order valence-electron chi connectivity index (χ2n) is 4.11. The molecule has 1 saturated heterocycles. The molecule has 1 aliphatic heterocycles. The molecular weight excluding hydrogens is 274 g/mol.